The maximum absolute atomic E-state index is 12.7. The third kappa shape index (κ3) is 2.12. The van der Waals surface area contributed by atoms with Gasteiger partial charge in [0.25, 0.3) is 11.8 Å². The van der Waals surface area contributed by atoms with Gasteiger partial charge in [-0.15, -0.1) is 0 Å². The molecule has 104 valence electrons. The highest BCUT2D eigenvalue weighted by atomic mass is 19.1. The number of nitrogens with zero attached hydrogens (tertiary/aromatic N) is 3. The second kappa shape index (κ2) is 4.75. The number of aromatic nitrogens is 2. The molecular formula is C13H6FN3O4. The van der Waals surface area contributed by atoms with Crippen LogP contribution in [0.5, 0.6) is 0 Å². The lowest BCUT2D eigenvalue weighted by atomic mass is 10.1. The molecule has 0 atom stereocenters. The van der Waals surface area contributed by atoms with Gasteiger partial charge in [0.05, 0.1) is 23.5 Å². The SMILES string of the molecule is O=C(ON1C(=O)c2ccccc2C1=O)c1ncc(F)cn1. The number of hydroxylamine groups is 2. The average molecular weight is 287 g/mol. The molecule has 0 spiro atoms. The molecule has 1 aromatic heterocycles. The van der Waals surface area contributed by atoms with E-state index in [-0.39, 0.29) is 11.1 Å². The molecule has 0 fully saturated rings. The van der Waals surface area contributed by atoms with Crippen molar-refractivity contribution in [2.45, 2.75) is 0 Å². The normalized spacial score (nSPS) is 13.3. The van der Waals surface area contributed by atoms with E-state index < -0.39 is 29.4 Å². The number of rotatable bonds is 2. The van der Waals surface area contributed by atoms with Gasteiger partial charge in [-0.1, -0.05) is 17.2 Å². The second-order valence-electron chi connectivity index (χ2n) is 4.05. The van der Waals surface area contributed by atoms with Crippen LogP contribution in [0.1, 0.15) is 31.3 Å². The van der Waals surface area contributed by atoms with Gasteiger partial charge in [0.15, 0.2) is 5.82 Å². The molecule has 8 heteroatoms. The van der Waals surface area contributed by atoms with Crippen LogP contribution in [0.15, 0.2) is 36.7 Å². The minimum absolute atomic E-state index is 0.135. The number of carbonyl (C=O) groups is 3. The van der Waals surface area contributed by atoms with Gasteiger partial charge in [-0.3, -0.25) is 9.59 Å². The molecule has 21 heavy (non-hydrogen) atoms. The Morgan fingerprint density at radius 2 is 1.57 bits per heavy atom. The van der Waals surface area contributed by atoms with E-state index in [0.29, 0.717) is 5.06 Å². The lowest BCUT2D eigenvalue weighted by Gasteiger charge is -2.11. The van der Waals surface area contributed by atoms with Crippen molar-refractivity contribution in [3.63, 3.8) is 0 Å². The molecule has 1 aliphatic heterocycles. The molecule has 7 nitrogen and oxygen atoms in total. The van der Waals surface area contributed by atoms with E-state index in [4.69, 9.17) is 4.84 Å². The van der Waals surface area contributed by atoms with E-state index >= 15 is 0 Å². The van der Waals surface area contributed by atoms with Crippen molar-refractivity contribution in [2.75, 3.05) is 0 Å². The quantitative estimate of drug-likeness (QED) is 0.765. The minimum Gasteiger partial charge on any atom is -0.321 e. The van der Waals surface area contributed by atoms with Crippen molar-refractivity contribution >= 4 is 17.8 Å². The Balaban J connectivity index is 1.84. The van der Waals surface area contributed by atoms with Crippen LogP contribution in [0.4, 0.5) is 4.39 Å². The highest BCUT2D eigenvalue weighted by Gasteiger charge is 2.39. The number of benzene rings is 1. The fourth-order valence-electron chi connectivity index (χ4n) is 1.79. The van der Waals surface area contributed by atoms with Gasteiger partial charge in [0, 0.05) is 0 Å². The summed E-state index contributed by atoms with van der Waals surface area (Å²) in [5.74, 6) is -3.85. The summed E-state index contributed by atoms with van der Waals surface area (Å²) in [5.41, 5.74) is 0.269. The predicted octanol–water partition coefficient (Wildman–Crippen LogP) is 0.984. The number of imide groups is 1. The van der Waals surface area contributed by atoms with Crippen LogP contribution in [-0.2, 0) is 4.84 Å². The van der Waals surface area contributed by atoms with Gasteiger partial charge < -0.3 is 4.84 Å². The molecule has 0 N–H and O–H groups in total. The molecule has 0 saturated heterocycles. The lowest BCUT2D eigenvalue weighted by Crippen LogP contribution is -2.33. The topological polar surface area (TPSA) is 89.5 Å². The number of halogens is 1. The smallest absolute Gasteiger partial charge is 0.321 e. The molecule has 2 heterocycles. The van der Waals surface area contributed by atoms with E-state index in [1.54, 1.807) is 12.1 Å². The highest BCUT2D eigenvalue weighted by molar-refractivity contribution is 6.21. The Bertz CT molecular complexity index is 725. The number of fused-ring (bicyclic) bond motifs is 1. The molecule has 2 aromatic rings. The summed E-state index contributed by atoms with van der Waals surface area (Å²) in [4.78, 5) is 47.2. The van der Waals surface area contributed by atoms with E-state index in [2.05, 4.69) is 9.97 Å². The molecule has 1 aliphatic rings. The number of hydrogen-bond donors (Lipinski definition) is 0. The zero-order valence-electron chi connectivity index (χ0n) is 10.3. The number of hydrogen-bond acceptors (Lipinski definition) is 6. The molecule has 2 amide bonds. The van der Waals surface area contributed by atoms with Gasteiger partial charge in [-0.05, 0) is 12.1 Å². The van der Waals surface area contributed by atoms with Crippen molar-refractivity contribution in [2.24, 2.45) is 0 Å². The monoisotopic (exact) mass is 287 g/mol. The van der Waals surface area contributed by atoms with Crippen molar-refractivity contribution in [3.8, 4) is 0 Å². The fourth-order valence-corrected chi connectivity index (χ4v) is 1.79. The first kappa shape index (κ1) is 12.9. The highest BCUT2D eigenvalue weighted by Crippen LogP contribution is 2.22. The van der Waals surface area contributed by atoms with E-state index in [9.17, 15) is 18.8 Å². The summed E-state index contributed by atoms with van der Waals surface area (Å²) >= 11 is 0. The fraction of sp³-hybridized carbons (Fsp3) is 0. The number of carbonyl (C=O) groups excluding carboxylic acids is 3. The Morgan fingerprint density at radius 3 is 2.10 bits per heavy atom. The molecule has 0 bridgehead atoms. The maximum atomic E-state index is 12.7. The van der Waals surface area contributed by atoms with Gasteiger partial charge in [-0.25, -0.2) is 19.2 Å². The van der Waals surface area contributed by atoms with Crippen molar-refractivity contribution in [1.29, 1.82) is 0 Å². The van der Waals surface area contributed by atoms with Crippen LogP contribution in [-0.4, -0.2) is 32.8 Å². The van der Waals surface area contributed by atoms with E-state index in [0.717, 1.165) is 12.4 Å². The molecule has 0 unspecified atom stereocenters. The van der Waals surface area contributed by atoms with Gasteiger partial charge in [0.1, 0.15) is 0 Å². The molecule has 1 aromatic carbocycles. The first-order chi connectivity index (χ1) is 10.1. The van der Waals surface area contributed by atoms with Crippen LogP contribution < -0.4 is 0 Å². The molecule has 0 aliphatic carbocycles. The molecule has 0 radical (unpaired) electrons. The summed E-state index contributed by atoms with van der Waals surface area (Å²) in [6.07, 6.45) is 1.54. The Hall–Kier alpha value is -3.16. The molecule has 3 rings (SSSR count). The van der Waals surface area contributed by atoms with Gasteiger partial charge >= 0.3 is 5.97 Å². The maximum Gasteiger partial charge on any atom is 0.401 e. The summed E-state index contributed by atoms with van der Waals surface area (Å²) in [7, 11) is 0. The molecular weight excluding hydrogens is 281 g/mol. The lowest BCUT2D eigenvalue weighted by molar-refractivity contribution is -0.0592. The summed E-state index contributed by atoms with van der Waals surface area (Å²) in [6.45, 7) is 0. The average Bonchev–Trinajstić information content (AvgIpc) is 2.73. The van der Waals surface area contributed by atoms with Crippen molar-refractivity contribution in [1.82, 2.24) is 15.0 Å². The van der Waals surface area contributed by atoms with Gasteiger partial charge in [0.2, 0.25) is 5.82 Å². The first-order valence-corrected chi connectivity index (χ1v) is 5.75. The van der Waals surface area contributed by atoms with Crippen LogP contribution in [0, 0.1) is 5.82 Å². The number of amides is 2. The summed E-state index contributed by atoms with van der Waals surface area (Å²) in [6, 6.07) is 6.05. The van der Waals surface area contributed by atoms with Gasteiger partial charge in [-0.2, -0.15) is 0 Å². The Kier molecular flexibility index (Phi) is 2.90. The Morgan fingerprint density at radius 1 is 1.05 bits per heavy atom. The summed E-state index contributed by atoms with van der Waals surface area (Å²) in [5, 5.41) is 0.333. The predicted molar refractivity (Wildman–Crippen MR) is 64.3 cm³/mol. The third-order valence-corrected chi connectivity index (χ3v) is 2.73. The standard InChI is InChI=1S/C13H6FN3O4/c14-7-5-15-10(16-6-7)13(20)21-17-11(18)8-3-1-2-4-9(8)12(17)19/h1-6H. The Labute approximate surface area is 116 Å². The first-order valence-electron chi connectivity index (χ1n) is 5.75. The largest absolute Gasteiger partial charge is 0.401 e. The third-order valence-electron chi connectivity index (χ3n) is 2.73. The van der Waals surface area contributed by atoms with Crippen molar-refractivity contribution in [3.05, 3.63) is 59.4 Å². The zero-order valence-corrected chi connectivity index (χ0v) is 10.3. The molecule has 0 saturated carbocycles. The van der Waals surface area contributed by atoms with E-state index in [1.165, 1.54) is 12.1 Å². The van der Waals surface area contributed by atoms with Crippen LogP contribution in [0.3, 0.4) is 0 Å². The second-order valence-corrected chi connectivity index (χ2v) is 4.05. The van der Waals surface area contributed by atoms with Crippen LogP contribution in [0.2, 0.25) is 0 Å². The zero-order chi connectivity index (χ0) is 15.0. The van der Waals surface area contributed by atoms with Crippen LogP contribution >= 0.6 is 0 Å². The van der Waals surface area contributed by atoms with E-state index in [1.807, 2.05) is 0 Å². The van der Waals surface area contributed by atoms with Crippen LogP contribution in [0.25, 0.3) is 0 Å². The van der Waals surface area contributed by atoms with Crippen molar-refractivity contribution < 1.29 is 23.6 Å². The summed E-state index contributed by atoms with van der Waals surface area (Å²) < 4.78 is 12.7. The minimum atomic E-state index is -1.13.